The largest absolute Gasteiger partial charge is 0.202 e. The summed E-state index contributed by atoms with van der Waals surface area (Å²) in [5.74, 6) is -9.44. The summed E-state index contributed by atoms with van der Waals surface area (Å²) in [5.41, 5.74) is 0. The van der Waals surface area contributed by atoms with E-state index in [0.29, 0.717) is 24.6 Å². The van der Waals surface area contributed by atoms with Crippen LogP contribution >= 0.6 is 11.8 Å². The number of halogens is 5. The Balaban J connectivity index is 3.34. The maximum Gasteiger partial charge on any atom is 0.200 e. The second-order valence-electron chi connectivity index (χ2n) is 4.16. The second-order valence-corrected chi connectivity index (χ2v) is 5.76. The van der Waals surface area contributed by atoms with Gasteiger partial charge >= 0.3 is 0 Å². The summed E-state index contributed by atoms with van der Waals surface area (Å²) in [5, 5.41) is 0. The zero-order valence-electron chi connectivity index (χ0n) is 10.2. The Bertz CT molecular complexity index is 425. The van der Waals surface area contributed by atoms with Crippen molar-refractivity contribution in [2.45, 2.75) is 43.3 Å². The van der Waals surface area contributed by atoms with Crippen LogP contribution in [0.1, 0.15) is 33.6 Å². The lowest BCUT2D eigenvalue weighted by Crippen LogP contribution is -2.18. The van der Waals surface area contributed by atoms with E-state index < -0.39 is 38.7 Å². The first-order chi connectivity index (χ1) is 8.27. The topological polar surface area (TPSA) is 0 Å². The Hall–Kier alpha value is -0.780. The van der Waals surface area contributed by atoms with Gasteiger partial charge < -0.3 is 0 Å². The quantitative estimate of drug-likeness (QED) is 0.322. The molecule has 0 aliphatic rings. The molecule has 0 fully saturated rings. The highest BCUT2D eigenvalue weighted by Gasteiger charge is 2.31. The minimum absolute atomic E-state index is 0.549. The van der Waals surface area contributed by atoms with Gasteiger partial charge in [0.05, 0.1) is 4.90 Å². The maximum atomic E-state index is 13.5. The molecule has 1 aromatic carbocycles. The van der Waals surface area contributed by atoms with Gasteiger partial charge in [0.2, 0.25) is 5.82 Å². The number of hydrogen-bond donors (Lipinski definition) is 0. The van der Waals surface area contributed by atoms with Crippen molar-refractivity contribution in [2.75, 3.05) is 0 Å². The monoisotopic (exact) mass is 284 g/mol. The summed E-state index contributed by atoms with van der Waals surface area (Å²) in [6.07, 6.45) is 1.10. The lowest BCUT2D eigenvalue weighted by molar-refractivity contribution is 0.360. The van der Waals surface area contributed by atoms with Gasteiger partial charge in [0, 0.05) is 4.75 Å². The highest BCUT2D eigenvalue weighted by Crippen LogP contribution is 2.41. The van der Waals surface area contributed by atoms with Crippen LogP contribution in [-0.2, 0) is 0 Å². The number of thioether (sulfide) groups is 1. The molecule has 0 N–H and O–H groups in total. The van der Waals surface area contributed by atoms with E-state index in [2.05, 4.69) is 0 Å². The van der Waals surface area contributed by atoms with E-state index in [-0.39, 0.29) is 0 Å². The van der Waals surface area contributed by atoms with Crippen LogP contribution in [0.25, 0.3) is 0 Å². The molecule has 1 rings (SSSR count). The second kappa shape index (κ2) is 5.47. The summed E-state index contributed by atoms with van der Waals surface area (Å²) < 4.78 is 65.2. The smallest absolute Gasteiger partial charge is 0.200 e. The van der Waals surface area contributed by atoms with Crippen LogP contribution in [-0.4, -0.2) is 4.75 Å². The van der Waals surface area contributed by atoms with Crippen LogP contribution in [0.2, 0.25) is 0 Å². The summed E-state index contributed by atoms with van der Waals surface area (Å²) >= 11 is 0.685. The Morgan fingerprint density at radius 3 is 1.44 bits per heavy atom. The highest BCUT2D eigenvalue weighted by molar-refractivity contribution is 8.00. The molecule has 6 heteroatoms. The number of benzene rings is 1. The molecule has 0 bridgehead atoms. The van der Waals surface area contributed by atoms with E-state index in [1.54, 1.807) is 20.8 Å². The number of rotatable bonds is 4. The van der Waals surface area contributed by atoms with Gasteiger partial charge in [-0.3, -0.25) is 0 Å². The average Bonchev–Trinajstić information content (AvgIpc) is 2.39. The first-order valence-electron chi connectivity index (χ1n) is 5.47. The van der Waals surface area contributed by atoms with Crippen molar-refractivity contribution in [1.82, 2.24) is 0 Å². The summed E-state index contributed by atoms with van der Waals surface area (Å²) in [6.45, 7) is 5.31. The van der Waals surface area contributed by atoms with Crippen molar-refractivity contribution < 1.29 is 22.0 Å². The molecule has 0 radical (unpaired) electrons. The van der Waals surface area contributed by atoms with Crippen LogP contribution in [0.4, 0.5) is 22.0 Å². The van der Waals surface area contributed by atoms with Gasteiger partial charge in [-0.05, 0) is 12.8 Å². The first kappa shape index (κ1) is 15.3. The Kier molecular flexibility index (Phi) is 4.64. The maximum absolute atomic E-state index is 13.5. The SMILES string of the molecule is CCC(C)(CC)Sc1c(F)c(F)c(F)c(F)c1F. The van der Waals surface area contributed by atoms with Crippen molar-refractivity contribution >= 4 is 11.8 Å². The van der Waals surface area contributed by atoms with E-state index in [0.717, 1.165) is 0 Å². The van der Waals surface area contributed by atoms with Crippen molar-refractivity contribution in [3.63, 3.8) is 0 Å². The van der Waals surface area contributed by atoms with Crippen LogP contribution in [0.3, 0.4) is 0 Å². The van der Waals surface area contributed by atoms with Crippen LogP contribution < -0.4 is 0 Å². The van der Waals surface area contributed by atoms with Gasteiger partial charge in [-0.1, -0.05) is 20.8 Å². The number of hydrogen-bond acceptors (Lipinski definition) is 1. The zero-order chi connectivity index (χ0) is 14.1. The van der Waals surface area contributed by atoms with Crippen LogP contribution in [0.15, 0.2) is 4.90 Å². The van der Waals surface area contributed by atoms with E-state index in [4.69, 9.17) is 0 Å². The third-order valence-electron chi connectivity index (χ3n) is 3.01. The summed E-state index contributed by atoms with van der Waals surface area (Å²) in [4.78, 5) is -0.808. The third kappa shape index (κ3) is 2.63. The molecular formula is C12H13F5S. The third-order valence-corrected chi connectivity index (χ3v) is 4.65. The van der Waals surface area contributed by atoms with Crippen molar-refractivity contribution in [3.8, 4) is 0 Å². The van der Waals surface area contributed by atoms with Crippen molar-refractivity contribution in [1.29, 1.82) is 0 Å². The molecule has 0 saturated heterocycles. The normalized spacial score (nSPS) is 12.0. The molecule has 0 heterocycles. The van der Waals surface area contributed by atoms with Gasteiger partial charge in [-0.2, -0.15) is 0 Å². The minimum atomic E-state index is -2.12. The van der Waals surface area contributed by atoms with E-state index in [1.165, 1.54) is 0 Å². The molecule has 0 aliphatic heterocycles. The molecule has 0 spiro atoms. The molecule has 0 aliphatic carbocycles. The molecule has 102 valence electrons. The summed E-state index contributed by atoms with van der Waals surface area (Å²) in [7, 11) is 0. The fraction of sp³-hybridized carbons (Fsp3) is 0.500. The predicted octanol–water partition coefficient (Wildman–Crippen LogP) is 5.05. The average molecular weight is 284 g/mol. The predicted molar refractivity (Wildman–Crippen MR) is 61.1 cm³/mol. The molecular weight excluding hydrogens is 271 g/mol. The van der Waals surface area contributed by atoms with E-state index >= 15 is 0 Å². The molecule has 1 aromatic rings. The standard InChI is InChI=1S/C12H13F5S/c1-4-12(3,5-2)18-11-9(16)7(14)6(13)8(15)10(11)17/h4-5H2,1-3H3. The molecule has 0 amide bonds. The van der Waals surface area contributed by atoms with Crippen molar-refractivity contribution in [3.05, 3.63) is 29.1 Å². The van der Waals surface area contributed by atoms with Gasteiger partial charge in [0.15, 0.2) is 23.3 Å². The lowest BCUT2D eigenvalue weighted by Gasteiger charge is -2.26. The van der Waals surface area contributed by atoms with Crippen LogP contribution in [0.5, 0.6) is 0 Å². The molecule has 0 unspecified atom stereocenters. The molecule has 0 nitrogen and oxygen atoms in total. The molecule has 0 saturated carbocycles. The first-order valence-corrected chi connectivity index (χ1v) is 6.29. The van der Waals surface area contributed by atoms with E-state index in [9.17, 15) is 22.0 Å². The van der Waals surface area contributed by atoms with Crippen LogP contribution in [0, 0.1) is 29.1 Å². The molecule has 0 atom stereocenters. The highest BCUT2D eigenvalue weighted by atomic mass is 32.2. The Morgan fingerprint density at radius 1 is 0.778 bits per heavy atom. The van der Waals surface area contributed by atoms with Gasteiger partial charge in [0.25, 0.3) is 0 Å². The zero-order valence-corrected chi connectivity index (χ0v) is 11.0. The molecule has 18 heavy (non-hydrogen) atoms. The molecule has 0 aromatic heterocycles. The lowest BCUT2D eigenvalue weighted by atomic mass is 10.1. The van der Waals surface area contributed by atoms with Gasteiger partial charge in [-0.15, -0.1) is 11.8 Å². The summed E-state index contributed by atoms with van der Waals surface area (Å²) in [6, 6.07) is 0. The van der Waals surface area contributed by atoms with E-state index in [1.807, 2.05) is 0 Å². The van der Waals surface area contributed by atoms with Gasteiger partial charge in [0.1, 0.15) is 0 Å². The van der Waals surface area contributed by atoms with Gasteiger partial charge in [-0.25, -0.2) is 22.0 Å². The fourth-order valence-corrected chi connectivity index (χ4v) is 2.46. The Labute approximate surface area is 107 Å². The fourth-order valence-electron chi connectivity index (χ4n) is 1.32. The van der Waals surface area contributed by atoms with Crippen molar-refractivity contribution in [2.24, 2.45) is 0 Å². The minimum Gasteiger partial charge on any atom is -0.202 e. The Morgan fingerprint density at radius 2 is 1.11 bits per heavy atom.